The van der Waals surface area contributed by atoms with Gasteiger partial charge in [0.1, 0.15) is 0 Å². The Bertz CT molecular complexity index is 140. The van der Waals surface area contributed by atoms with Crippen molar-refractivity contribution in [3.8, 4) is 0 Å². The molecule has 2 aliphatic rings. The second-order valence-electron chi connectivity index (χ2n) is 3.58. The van der Waals surface area contributed by atoms with E-state index in [1.165, 1.54) is 32.5 Å². The largest absolute Gasteiger partial charge is 0.310 e. The van der Waals surface area contributed by atoms with Gasteiger partial charge in [-0.1, -0.05) is 0 Å². The van der Waals surface area contributed by atoms with Gasteiger partial charge in [0.25, 0.3) is 0 Å². The summed E-state index contributed by atoms with van der Waals surface area (Å²) in [7, 11) is 0. The average Bonchev–Trinajstić information content (AvgIpc) is 2.50. The van der Waals surface area contributed by atoms with Gasteiger partial charge in [-0.15, -0.1) is 0 Å². The van der Waals surface area contributed by atoms with E-state index in [4.69, 9.17) is 0 Å². The summed E-state index contributed by atoms with van der Waals surface area (Å²) in [5.74, 6) is 0.975. The van der Waals surface area contributed by atoms with E-state index in [1.54, 1.807) is 0 Å². The quantitative estimate of drug-likeness (QED) is 0.555. The third-order valence-corrected chi connectivity index (χ3v) is 3.26. The molecule has 0 saturated carbocycles. The van der Waals surface area contributed by atoms with Gasteiger partial charge >= 0.3 is 0 Å². The van der Waals surface area contributed by atoms with Crippen LogP contribution in [0, 0.1) is 0 Å². The molecule has 0 bridgehead atoms. The fourth-order valence-corrected chi connectivity index (χ4v) is 2.38. The first-order valence-corrected chi connectivity index (χ1v) is 5.11. The van der Waals surface area contributed by atoms with E-state index in [2.05, 4.69) is 22.8 Å². The number of hydrogen-bond donors (Lipinski definition) is 2. The Balaban J connectivity index is 1.91. The van der Waals surface area contributed by atoms with E-state index in [0.717, 1.165) is 11.8 Å². The third kappa shape index (κ3) is 1.55. The summed E-state index contributed by atoms with van der Waals surface area (Å²) in [6.45, 7) is 3.72. The number of piperazine rings is 1. The molecule has 0 aromatic rings. The molecule has 2 rings (SSSR count). The first-order valence-electron chi connectivity index (χ1n) is 4.48. The van der Waals surface area contributed by atoms with Crippen LogP contribution in [0.4, 0.5) is 0 Å². The van der Waals surface area contributed by atoms with Crippen LogP contribution in [0.3, 0.4) is 0 Å². The Morgan fingerprint density at radius 1 is 1.55 bits per heavy atom. The van der Waals surface area contributed by atoms with Gasteiger partial charge in [-0.25, -0.2) is 0 Å². The van der Waals surface area contributed by atoms with Crippen LogP contribution in [0.1, 0.15) is 12.8 Å². The van der Waals surface area contributed by atoms with E-state index in [-0.39, 0.29) is 0 Å². The van der Waals surface area contributed by atoms with Crippen molar-refractivity contribution in [2.24, 2.45) is 0 Å². The minimum atomic E-state index is 0.632. The molecule has 2 heterocycles. The van der Waals surface area contributed by atoms with Gasteiger partial charge in [-0.3, -0.25) is 4.90 Å². The highest BCUT2D eigenvalue weighted by Gasteiger charge is 2.30. The molecule has 0 unspecified atom stereocenters. The van der Waals surface area contributed by atoms with E-state index < -0.39 is 0 Å². The van der Waals surface area contributed by atoms with Crippen LogP contribution >= 0.6 is 12.6 Å². The molecule has 1 N–H and O–H groups in total. The molecule has 2 atom stereocenters. The zero-order chi connectivity index (χ0) is 7.68. The minimum absolute atomic E-state index is 0.632. The van der Waals surface area contributed by atoms with Crippen molar-refractivity contribution >= 4 is 12.6 Å². The van der Waals surface area contributed by atoms with Crippen molar-refractivity contribution in [3.05, 3.63) is 0 Å². The molecule has 0 aromatic carbocycles. The third-order valence-electron chi connectivity index (χ3n) is 2.82. The number of hydrogen-bond acceptors (Lipinski definition) is 3. The van der Waals surface area contributed by atoms with Crippen LogP contribution in [0.15, 0.2) is 0 Å². The summed E-state index contributed by atoms with van der Waals surface area (Å²) < 4.78 is 0. The van der Waals surface area contributed by atoms with Crippen molar-refractivity contribution in [2.45, 2.75) is 24.9 Å². The Morgan fingerprint density at radius 3 is 3.27 bits per heavy atom. The van der Waals surface area contributed by atoms with Crippen LogP contribution in [0.2, 0.25) is 0 Å². The lowest BCUT2D eigenvalue weighted by atomic mass is 10.1. The molecular formula is C8H16N2S. The molecule has 3 heteroatoms. The Labute approximate surface area is 73.7 Å². The summed E-state index contributed by atoms with van der Waals surface area (Å²) in [6, 6.07) is 1.47. The summed E-state index contributed by atoms with van der Waals surface area (Å²) in [6.07, 6.45) is 2.79. The van der Waals surface area contributed by atoms with Gasteiger partial charge in [-0.05, 0) is 19.4 Å². The van der Waals surface area contributed by atoms with Crippen molar-refractivity contribution in [2.75, 3.05) is 25.4 Å². The maximum atomic E-state index is 4.30. The van der Waals surface area contributed by atoms with Crippen LogP contribution in [-0.2, 0) is 0 Å². The van der Waals surface area contributed by atoms with Gasteiger partial charge in [0.2, 0.25) is 0 Å². The normalized spacial score (nSPS) is 39.0. The van der Waals surface area contributed by atoms with Crippen LogP contribution in [0.25, 0.3) is 0 Å². The maximum Gasteiger partial charge on any atom is 0.0283 e. The van der Waals surface area contributed by atoms with Crippen molar-refractivity contribution in [1.82, 2.24) is 10.2 Å². The molecule has 2 nitrogen and oxygen atoms in total. The Hall–Kier alpha value is 0.270. The second-order valence-corrected chi connectivity index (χ2v) is 3.94. The molecule has 0 aromatic heterocycles. The zero-order valence-corrected chi connectivity index (χ0v) is 7.69. The monoisotopic (exact) mass is 172 g/mol. The standard InChI is InChI=1S/C8H16N2S/c11-6-7-5-10-3-1-2-8(10)4-9-7/h7-9,11H,1-6H2/t7-,8+/m1/s1. The summed E-state index contributed by atoms with van der Waals surface area (Å²) >= 11 is 4.30. The molecule has 64 valence electrons. The maximum absolute atomic E-state index is 4.30. The van der Waals surface area contributed by atoms with Crippen molar-refractivity contribution in [1.29, 1.82) is 0 Å². The zero-order valence-electron chi connectivity index (χ0n) is 6.79. The topological polar surface area (TPSA) is 15.3 Å². The van der Waals surface area contributed by atoms with Gasteiger partial charge < -0.3 is 5.32 Å². The van der Waals surface area contributed by atoms with Crippen molar-refractivity contribution in [3.63, 3.8) is 0 Å². The van der Waals surface area contributed by atoms with Gasteiger partial charge in [0.05, 0.1) is 0 Å². The van der Waals surface area contributed by atoms with E-state index >= 15 is 0 Å². The molecule has 2 fully saturated rings. The molecule has 0 amide bonds. The molecule has 0 aliphatic carbocycles. The lowest BCUT2D eigenvalue weighted by Crippen LogP contribution is -2.54. The Morgan fingerprint density at radius 2 is 2.45 bits per heavy atom. The first kappa shape index (κ1) is 7.90. The second kappa shape index (κ2) is 3.33. The first-order chi connectivity index (χ1) is 5.40. The van der Waals surface area contributed by atoms with Gasteiger partial charge in [-0.2, -0.15) is 12.6 Å². The predicted octanol–water partition coefficient (Wildman–Crippen LogP) is 0.352. The molecule has 2 saturated heterocycles. The highest BCUT2D eigenvalue weighted by molar-refractivity contribution is 7.80. The van der Waals surface area contributed by atoms with Crippen LogP contribution in [-0.4, -0.2) is 42.4 Å². The van der Waals surface area contributed by atoms with Gasteiger partial charge in [0.15, 0.2) is 0 Å². The lowest BCUT2D eigenvalue weighted by molar-refractivity contribution is 0.182. The van der Waals surface area contributed by atoms with Gasteiger partial charge in [0, 0.05) is 30.9 Å². The summed E-state index contributed by atoms with van der Waals surface area (Å²) in [5.41, 5.74) is 0. The molecular weight excluding hydrogens is 156 g/mol. The number of thiol groups is 1. The Kier molecular flexibility index (Phi) is 2.39. The molecule has 0 radical (unpaired) electrons. The highest BCUT2D eigenvalue weighted by Crippen LogP contribution is 2.19. The minimum Gasteiger partial charge on any atom is -0.310 e. The molecule has 11 heavy (non-hydrogen) atoms. The molecule has 0 spiro atoms. The highest BCUT2D eigenvalue weighted by atomic mass is 32.1. The lowest BCUT2D eigenvalue weighted by Gasteiger charge is -2.35. The van der Waals surface area contributed by atoms with Crippen LogP contribution < -0.4 is 5.32 Å². The van der Waals surface area contributed by atoms with E-state index in [0.29, 0.717) is 6.04 Å². The van der Waals surface area contributed by atoms with Crippen molar-refractivity contribution < 1.29 is 0 Å². The van der Waals surface area contributed by atoms with E-state index in [1.807, 2.05) is 0 Å². The number of fused-ring (bicyclic) bond motifs is 1. The number of nitrogens with one attached hydrogen (secondary N) is 1. The number of rotatable bonds is 1. The fourth-order valence-electron chi connectivity index (χ4n) is 2.14. The van der Waals surface area contributed by atoms with E-state index in [9.17, 15) is 0 Å². The fraction of sp³-hybridized carbons (Fsp3) is 1.00. The SMILES string of the molecule is SC[C@H]1CN2CCC[C@H]2CN1. The molecule has 2 aliphatic heterocycles. The summed E-state index contributed by atoms with van der Waals surface area (Å²) in [5, 5.41) is 3.52. The average molecular weight is 172 g/mol. The smallest absolute Gasteiger partial charge is 0.0283 e. The number of nitrogens with zero attached hydrogens (tertiary/aromatic N) is 1. The predicted molar refractivity (Wildman–Crippen MR) is 50.2 cm³/mol. The van der Waals surface area contributed by atoms with Crippen LogP contribution in [0.5, 0.6) is 0 Å². The summed E-state index contributed by atoms with van der Waals surface area (Å²) in [4.78, 5) is 2.61.